The molecule has 0 bridgehead atoms. The molecule has 0 radical (unpaired) electrons. The number of aromatic nitrogens is 1. The lowest BCUT2D eigenvalue weighted by Crippen LogP contribution is -2.45. The topological polar surface area (TPSA) is 80.5 Å². The molecule has 1 amide bonds. The number of likely N-dealkylation sites (tertiary alicyclic amines) is 1. The van der Waals surface area contributed by atoms with Crippen LogP contribution in [0.1, 0.15) is 65.7 Å². The van der Waals surface area contributed by atoms with E-state index < -0.39 is 11.5 Å². The molecule has 2 atom stereocenters. The number of hydrogen-bond donors (Lipinski definition) is 1. The molecule has 3 aliphatic rings. The Kier molecular flexibility index (Phi) is 5.99. The van der Waals surface area contributed by atoms with Crippen LogP contribution in [-0.4, -0.2) is 51.0 Å². The molecule has 3 aromatic rings. The predicted octanol–water partition coefficient (Wildman–Crippen LogP) is 4.55. The number of pyridine rings is 1. The van der Waals surface area contributed by atoms with Crippen molar-refractivity contribution in [3.8, 4) is 6.07 Å². The summed E-state index contributed by atoms with van der Waals surface area (Å²) in [5.41, 5.74) is 3.37. The molecule has 36 heavy (non-hydrogen) atoms. The largest absolute Gasteiger partial charge is 0.391 e. The maximum absolute atomic E-state index is 13.6. The van der Waals surface area contributed by atoms with Crippen LogP contribution in [0.5, 0.6) is 0 Å². The van der Waals surface area contributed by atoms with Gasteiger partial charge in [0.1, 0.15) is 5.41 Å². The van der Waals surface area contributed by atoms with E-state index in [4.69, 9.17) is 0 Å². The Morgan fingerprint density at radius 2 is 1.81 bits per heavy atom. The first kappa shape index (κ1) is 23.1. The van der Waals surface area contributed by atoms with Gasteiger partial charge in [-0.25, -0.2) is 0 Å². The highest BCUT2D eigenvalue weighted by molar-refractivity contribution is 6.05. The van der Waals surface area contributed by atoms with Crippen LogP contribution in [0.2, 0.25) is 0 Å². The van der Waals surface area contributed by atoms with Gasteiger partial charge in [-0.05, 0) is 65.8 Å². The molecule has 2 fully saturated rings. The molecule has 1 aliphatic carbocycles. The maximum atomic E-state index is 13.6. The molecule has 6 heteroatoms. The van der Waals surface area contributed by atoms with Gasteiger partial charge >= 0.3 is 0 Å². The van der Waals surface area contributed by atoms with Crippen molar-refractivity contribution < 1.29 is 9.90 Å². The molecule has 1 saturated carbocycles. The second-order valence-corrected chi connectivity index (χ2v) is 10.6. The monoisotopic (exact) mass is 480 g/mol. The number of hydrogen-bond acceptors (Lipinski definition) is 5. The summed E-state index contributed by atoms with van der Waals surface area (Å²) >= 11 is 0. The van der Waals surface area contributed by atoms with Crippen LogP contribution in [0.3, 0.4) is 0 Å². The zero-order valence-corrected chi connectivity index (χ0v) is 20.6. The number of aliphatic hydroxyl groups is 1. The van der Waals surface area contributed by atoms with Crippen LogP contribution in [0.25, 0.3) is 10.8 Å². The van der Waals surface area contributed by atoms with Crippen LogP contribution < -0.4 is 0 Å². The molecule has 2 aromatic carbocycles. The van der Waals surface area contributed by atoms with E-state index in [1.54, 1.807) is 6.20 Å². The van der Waals surface area contributed by atoms with Gasteiger partial charge in [0, 0.05) is 37.9 Å². The van der Waals surface area contributed by atoms with Crippen molar-refractivity contribution in [1.82, 2.24) is 14.8 Å². The maximum Gasteiger partial charge on any atom is 0.254 e. The molecule has 2 aliphatic heterocycles. The Bertz CT molecular complexity index is 1320. The summed E-state index contributed by atoms with van der Waals surface area (Å²) in [5, 5.41) is 23.0. The fourth-order valence-corrected chi connectivity index (χ4v) is 6.53. The number of aliphatic hydroxyl groups excluding tert-OH is 1. The van der Waals surface area contributed by atoms with Crippen LogP contribution in [0.15, 0.2) is 54.7 Å². The molecule has 6 nitrogen and oxygen atoms in total. The van der Waals surface area contributed by atoms with Gasteiger partial charge in [0.25, 0.3) is 5.91 Å². The molecule has 6 rings (SSSR count). The van der Waals surface area contributed by atoms with E-state index in [1.807, 2.05) is 29.2 Å². The van der Waals surface area contributed by atoms with Crippen molar-refractivity contribution in [1.29, 1.82) is 5.26 Å². The van der Waals surface area contributed by atoms with Crippen molar-refractivity contribution >= 4 is 16.7 Å². The normalized spacial score (nSPS) is 24.0. The Balaban J connectivity index is 1.27. The summed E-state index contributed by atoms with van der Waals surface area (Å²) in [4.78, 5) is 22.4. The second-order valence-electron chi connectivity index (χ2n) is 10.6. The third-order valence-electron chi connectivity index (χ3n) is 8.63. The van der Waals surface area contributed by atoms with Gasteiger partial charge in [0.15, 0.2) is 0 Å². The lowest BCUT2D eigenvalue weighted by atomic mass is 9.76. The van der Waals surface area contributed by atoms with E-state index in [1.165, 1.54) is 5.39 Å². The van der Waals surface area contributed by atoms with Gasteiger partial charge in [-0.2, -0.15) is 5.26 Å². The Labute approximate surface area is 212 Å². The third-order valence-corrected chi connectivity index (χ3v) is 8.63. The molecule has 1 N–H and O–H groups in total. The molecule has 3 heterocycles. The first-order valence-corrected chi connectivity index (χ1v) is 13.2. The lowest BCUT2D eigenvalue weighted by Gasteiger charge is -2.37. The fourth-order valence-electron chi connectivity index (χ4n) is 6.53. The van der Waals surface area contributed by atoms with Gasteiger partial charge in [0.2, 0.25) is 0 Å². The summed E-state index contributed by atoms with van der Waals surface area (Å²) in [6.07, 6.45) is 6.56. The van der Waals surface area contributed by atoms with E-state index in [2.05, 4.69) is 40.2 Å². The Morgan fingerprint density at radius 1 is 1.06 bits per heavy atom. The molecule has 184 valence electrons. The average Bonchev–Trinajstić information content (AvgIpc) is 3.26. The number of carbonyl (C=O) groups is 1. The molecule has 1 saturated heterocycles. The first-order chi connectivity index (χ1) is 17.6. The van der Waals surface area contributed by atoms with Gasteiger partial charge in [-0.15, -0.1) is 0 Å². The number of rotatable bonds is 4. The second kappa shape index (κ2) is 9.31. The van der Waals surface area contributed by atoms with Gasteiger partial charge in [-0.1, -0.05) is 43.2 Å². The van der Waals surface area contributed by atoms with Crippen molar-refractivity contribution in [2.24, 2.45) is 0 Å². The van der Waals surface area contributed by atoms with Crippen LogP contribution >= 0.6 is 0 Å². The summed E-state index contributed by atoms with van der Waals surface area (Å²) in [7, 11) is 0. The predicted molar refractivity (Wildman–Crippen MR) is 138 cm³/mol. The Hall–Kier alpha value is -3.27. The molecular formula is C30H32N4O2. The number of nitriles is 1. The summed E-state index contributed by atoms with van der Waals surface area (Å²) in [6, 6.07) is 18.8. The number of piperidine rings is 1. The molecule has 1 aromatic heterocycles. The van der Waals surface area contributed by atoms with Crippen molar-refractivity contribution in [3.63, 3.8) is 0 Å². The zero-order chi connectivity index (χ0) is 24.7. The minimum Gasteiger partial charge on any atom is -0.391 e. The average molecular weight is 481 g/mol. The van der Waals surface area contributed by atoms with E-state index >= 15 is 0 Å². The van der Waals surface area contributed by atoms with Gasteiger partial charge in [0.05, 0.1) is 23.9 Å². The van der Waals surface area contributed by atoms with E-state index in [-0.39, 0.29) is 11.9 Å². The minimum atomic E-state index is -0.533. The highest BCUT2D eigenvalue weighted by Crippen LogP contribution is 2.38. The number of benzene rings is 2. The van der Waals surface area contributed by atoms with E-state index in [9.17, 15) is 15.2 Å². The summed E-state index contributed by atoms with van der Waals surface area (Å²) in [5.74, 6) is 0.0558. The number of carbonyl (C=O) groups excluding carboxylic acids is 1. The smallest absolute Gasteiger partial charge is 0.254 e. The van der Waals surface area contributed by atoms with Gasteiger partial charge < -0.3 is 10.0 Å². The number of fused-ring (bicyclic) bond motifs is 3. The highest BCUT2D eigenvalue weighted by Gasteiger charge is 2.40. The summed E-state index contributed by atoms with van der Waals surface area (Å²) < 4.78 is 0. The molecular weight excluding hydrogens is 448 g/mol. The number of nitrogens with zero attached hydrogens (tertiary/aromatic N) is 4. The SMILES string of the molecule is N#CC1(c2ccccn2)CCN(Cc2cc3c(c4ccccc24)CN([C@H]2CCCC[C@H]2O)C3=O)CC1. The van der Waals surface area contributed by atoms with Crippen molar-refractivity contribution in [2.45, 2.75) is 69.2 Å². The van der Waals surface area contributed by atoms with Gasteiger partial charge in [-0.3, -0.25) is 14.7 Å². The molecule has 0 unspecified atom stereocenters. The number of amides is 1. The third kappa shape index (κ3) is 3.87. The minimum absolute atomic E-state index is 0.0558. The Morgan fingerprint density at radius 3 is 2.53 bits per heavy atom. The highest BCUT2D eigenvalue weighted by atomic mass is 16.3. The quantitative estimate of drug-likeness (QED) is 0.593. The zero-order valence-electron chi connectivity index (χ0n) is 20.6. The first-order valence-electron chi connectivity index (χ1n) is 13.2. The van der Waals surface area contributed by atoms with E-state index in [0.29, 0.717) is 6.54 Å². The van der Waals surface area contributed by atoms with Crippen molar-refractivity contribution in [2.75, 3.05) is 13.1 Å². The lowest BCUT2D eigenvalue weighted by molar-refractivity contribution is 0.0192. The van der Waals surface area contributed by atoms with Crippen LogP contribution in [0.4, 0.5) is 0 Å². The van der Waals surface area contributed by atoms with Crippen molar-refractivity contribution in [3.05, 3.63) is 77.1 Å². The van der Waals surface area contributed by atoms with E-state index in [0.717, 1.165) is 85.9 Å². The van der Waals surface area contributed by atoms with Crippen LogP contribution in [-0.2, 0) is 18.5 Å². The van der Waals surface area contributed by atoms with Crippen LogP contribution in [0, 0.1) is 11.3 Å². The standard InChI is InChI=1S/C30H32N4O2/c31-20-30(28-11-5-6-14-32-28)12-15-33(16-13-30)18-21-17-24-25(23-8-2-1-7-22(21)23)19-34(29(24)36)26-9-3-4-10-27(26)35/h1-2,5-8,11,14,17,26-27,35H,3-4,9-10,12-13,15-16,18-19H2/t26-,27+/m0/s1. The molecule has 0 spiro atoms. The summed E-state index contributed by atoms with van der Waals surface area (Å²) in [6.45, 7) is 2.94. The fraction of sp³-hybridized carbons (Fsp3) is 0.433.